The molecule has 3 heterocycles. The van der Waals surface area contributed by atoms with Crippen molar-refractivity contribution in [3.05, 3.63) is 57.1 Å². The molecule has 2 unspecified atom stereocenters. The molecular formula is C20H18ClFN2O3S. The van der Waals surface area contributed by atoms with Gasteiger partial charge in [0.25, 0.3) is 11.8 Å². The van der Waals surface area contributed by atoms with Crippen LogP contribution in [-0.4, -0.2) is 42.0 Å². The summed E-state index contributed by atoms with van der Waals surface area (Å²) in [6.07, 6.45) is -0.142. The number of ether oxygens (including phenoxy) is 1. The van der Waals surface area contributed by atoms with Gasteiger partial charge in [-0.2, -0.15) is 0 Å². The summed E-state index contributed by atoms with van der Waals surface area (Å²) < 4.78 is 19.4. The molecule has 2 aliphatic rings. The quantitative estimate of drug-likeness (QED) is 0.706. The van der Waals surface area contributed by atoms with Crippen molar-refractivity contribution in [1.29, 1.82) is 0 Å². The van der Waals surface area contributed by atoms with Crippen LogP contribution in [0.15, 0.2) is 41.4 Å². The van der Waals surface area contributed by atoms with Crippen LogP contribution in [0.5, 0.6) is 0 Å². The van der Waals surface area contributed by atoms with Gasteiger partial charge in [-0.3, -0.25) is 9.59 Å². The normalized spacial score (nSPS) is 23.1. The molecule has 2 aliphatic heterocycles. The summed E-state index contributed by atoms with van der Waals surface area (Å²) >= 11 is 7.28. The molecule has 146 valence electrons. The van der Waals surface area contributed by atoms with Crippen molar-refractivity contribution in [2.24, 2.45) is 0 Å². The van der Waals surface area contributed by atoms with Gasteiger partial charge in [-0.1, -0.05) is 17.7 Å². The average molecular weight is 421 g/mol. The van der Waals surface area contributed by atoms with E-state index in [4.69, 9.17) is 16.3 Å². The minimum absolute atomic E-state index is 0.0712. The number of morpholine rings is 1. The standard InChI is InChI=1S/C20H18ClFN2O3S/c1-11-9-23(10-12(2)27-11)18-17(16-4-3-7-28-16)19(25)24(20(18)26)13-5-6-15(22)14(21)8-13/h3-8,11-12H,9-10H2,1-2H3. The van der Waals surface area contributed by atoms with Gasteiger partial charge in [0.1, 0.15) is 11.5 Å². The lowest BCUT2D eigenvalue weighted by atomic mass is 10.1. The van der Waals surface area contributed by atoms with Gasteiger partial charge in [0.15, 0.2) is 0 Å². The Balaban J connectivity index is 1.81. The maximum absolute atomic E-state index is 13.6. The van der Waals surface area contributed by atoms with Gasteiger partial charge in [0.05, 0.1) is 28.5 Å². The van der Waals surface area contributed by atoms with Gasteiger partial charge in [0, 0.05) is 18.0 Å². The molecule has 1 saturated heterocycles. The Morgan fingerprint density at radius 1 is 1.14 bits per heavy atom. The maximum Gasteiger partial charge on any atom is 0.282 e. The van der Waals surface area contributed by atoms with E-state index in [1.54, 1.807) is 0 Å². The molecule has 1 aromatic heterocycles. The number of anilines is 1. The van der Waals surface area contributed by atoms with Crippen LogP contribution in [-0.2, 0) is 14.3 Å². The molecule has 0 N–H and O–H groups in total. The lowest BCUT2D eigenvalue weighted by Crippen LogP contribution is -2.47. The fourth-order valence-electron chi connectivity index (χ4n) is 3.67. The summed E-state index contributed by atoms with van der Waals surface area (Å²) in [5.74, 6) is -1.47. The highest BCUT2D eigenvalue weighted by Gasteiger charge is 2.44. The summed E-state index contributed by atoms with van der Waals surface area (Å²) in [5, 5.41) is 1.72. The fraction of sp³-hybridized carbons (Fsp3) is 0.300. The van der Waals surface area contributed by atoms with E-state index in [0.29, 0.717) is 24.4 Å². The molecular weight excluding hydrogens is 403 g/mol. The minimum Gasteiger partial charge on any atom is -0.372 e. The number of imide groups is 1. The molecule has 1 aromatic carbocycles. The van der Waals surface area contributed by atoms with E-state index in [0.717, 1.165) is 15.8 Å². The van der Waals surface area contributed by atoms with Gasteiger partial charge in [-0.25, -0.2) is 9.29 Å². The molecule has 2 atom stereocenters. The number of nitrogens with zero attached hydrogens (tertiary/aromatic N) is 2. The third kappa shape index (κ3) is 3.23. The summed E-state index contributed by atoms with van der Waals surface area (Å²) in [5.41, 5.74) is 0.969. The minimum atomic E-state index is -0.605. The number of rotatable bonds is 3. The number of hydrogen-bond donors (Lipinski definition) is 0. The Labute approximate surface area is 171 Å². The summed E-state index contributed by atoms with van der Waals surface area (Å²) in [6.45, 7) is 4.89. The van der Waals surface area contributed by atoms with Crippen LogP contribution in [0.25, 0.3) is 5.57 Å². The Bertz CT molecular complexity index is 966. The van der Waals surface area contributed by atoms with Gasteiger partial charge in [-0.15, -0.1) is 11.3 Å². The van der Waals surface area contributed by atoms with Crippen LogP contribution in [0.1, 0.15) is 18.7 Å². The number of carbonyl (C=O) groups is 2. The Morgan fingerprint density at radius 2 is 1.86 bits per heavy atom. The van der Waals surface area contributed by atoms with Gasteiger partial charge in [0.2, 0.25) is 0 Å². The van der Waals surface area contributed by atoms with E-state index in [1.165, 1.54) is 23.5 Å². The molecule has 0 spiro atoms. The first-order valence-corrected chi connectivity index (χ1v) is 10.1. The van der Waals surface area contributed by atoms with Crippen LogP contribution in [0, 0.1) is 5.82 Å². The van der Waals surface area contributed by atoms with Crippen molar-refractivity contribution in [2.75, 3.05) is 18.0 Å². The molecule has 4 rings (SSSR count). The summed E-state index contributed by atoms with van der Waals surface area (Å²) in [6, 6.07) is 7.49. The van der Waals surface area contributed by atoms with Crippen molar-refractivity contribution < 1.29 is 18.7 Å². The topological polar surface area (TPSA) is 49.9 Å². The third-order valence-electron chi connectivity index (χ3n) is 4.72. The van der Waals surface area contributed by atoms with Crippen LogP contribution in [0.3, 0.4) is 0 Å². The zero-order chi connectivity index (χ0) is 20.0. The van der Waals surface area contributed by atoms with E-state index < -0.39 is 17.6 Å². The van der Waals surface area contributed by atoms with Crippen molar-refractivity contribution in [3.8, 4) is 0 Å². The monoisotopic (exact) mass is 420 g/mol. The van der Waals surface area contributed by atoms with Gasteiger partial charge >= 0.3 is 0 Å². The number of hydrogen-bond acceptors (Lipinski definition) is 5. The predicted molar refractivity (Wildman–Crippen MR) is 107 cm³/mol. The van der Waals surface area contributed by atoms with Crippen LogP contribution in [0.4, 0.5) is 10.1 Å². The second-order valence-electron chi connectivity index (χ2n) is 6.91. The molecule has 0 saturated carbocycles. The van der Waals surface area contributed by atoms with E-state index in [1.807, 2.05) is 36.3 Å². The highest BCUT2D eigenvalue weighted by molar-refractivity contribution is 7.11. The number of halogens is 2. The largest absolute Gasteiger partial charge is 0.372 e. The lowest BCUT2D eigenvalue weighted by Gasteiger charge is -2.37. The molecule has 0 bridgehead atoms. The summed E-state index contributed by atoms with van der Waals surface area (Å²) in [4.78, 5) is 30.4. The Morgan fingerprint density at radius 3 is 2.46 bits per heavy atom. The van der Waals surface area contributed by atoms with E-state index in [2.05, 4.69) is 0 Å². The molecule has 5 nitrogen and oxygen atoms in total. The number of amides is 2. The van der Waals surface area contributed by atoms with Gasteiger partial charge in [-0.05, 0) is 43.5 Å². The number of benzene rings is 1. The van der Waals surface area contributed by atoms with Crippen LogP contribution < -0.4 is 4.90 Å². The van der Waals surface area contributed by atoms with Crippen molar-refractivity contribution in [2.45, 2.75) is 26.1 Å². The summed E-state index contributed by atoms with van der Waals surface area (Å²) in [7, 11) is 0. The van der Waals surface area contributed by atoms with Crippen molar-refractivity contribution in [3.63, 3.8) is 0 Å². The highest BCUT2D eigenvalue weighted by Crippen LogP contribution is 2.38. The molecule has 2 aromatic rings. The van der Waals surface area contributed by atoms with Gasteiger partial charge < -0.3 is 9.64 Å². The predicted octanol–water partition coefficient (Wildman–Crippen LogP) is 3.93. The van der Waals surface area contributed by atoms with Crippen molar-refractivity contribution >= 4 is 46.0 Å². The molecule has 8 heteroatoms. The van der Waals surface area contributed by atoms with E-state index >= 15 is 0 Å². The molecule has 28 heavy (non-hydrogen) atoms. The first-order chi connectivity index (χ1) is 13.4. The Hall–Kier alpha value is -2.22. The van der Waals surface area contributed by atoms with Crippen LogP contribution >= 0.6 is 22.9 Å². The molecule has 0 radical (unpaired) electrons. The number of carbonyl (C=O) groups excluding carboxylic acids is 2. The van der Waals surface area contributed by atoms with E-state index in [9.17, 15) is 14.0 Å². The molecule has 1 fully saturated rings. The number of thiophene rings is 1. The smallest absolute Gasteiger partial charge is 0.282 e. The fourth-order valence-corrected chi connectivity index (χ4v) is 4.61. The highest BCUT2D eigenvalue weighted by atomic mass is 35.5. The second-order valence-corrected chi connectivity index (χ2v) is 8.26. The van der Waals surface area contributed by atoms with E-state index in [-0.39, 0.29) is 22.9 Å². The first kappa shape index (κ1) is 19.1. The first-order valence-electron chi connectivity index (χ1n) is 8.89. The molecule has 0 aliphatic carbocycles. The van der Waals surface area contributed by atoms with Crippen LogP contribution in [0.2, 0.25) is 5.02 Å². The van der Waals surface area contributed by atoms with Crippen molar-refractivity contribution in [1.82, 2.24) is 4.90 Å². The molecule has 2 amide bonds. The average Bonchev–Trinajstić information content (AvgIpc) is 3.23. The lowest BCUT2D eigenvalue weighted by molar-refractivity contribution is -0.121. The SMILES string of the molecule is CC1CN(C2=C(c3cccs3)C(=O)N(c3ccc(F)c(Cl)c3)C2=O)CC(C)O1. The second kappa shape index (κ2) is 7.31. The zero-order valence-corrected chi connectivity index (χ0v) is 16.9. The Kier molecular flexibility index (Phi) is 4.99. The zero-order valence-electron chi connectivity index (χ0n) is 15.3. The third-order valence-corrected chi connectivity index (χ3v) is 5.90. The maximum atomic E-state index is 13.6.